The molecule has 1 unspecified atom stereocenters. The molecule has 2 rings (SSSR count). The molecule has 1 aliphatic heterocycles. The van der Waals surface area contributed by atoms with Gasteiger partial charge in [-0.15, -0.1) is 0 Å². The van der Waals surface area contributed by atoms with Crippen LogP contribution in [0.4, 0.5) is 15.8 Å². The Kier molecular flexibility index (Phi) is 5.52. The van der Waals surface area contributed by atoms with E-state index in [1.807, 2.05) is 0 Å². The number of ether oxygens (including phenoxy) is 1. The minimum atomic E-state index is -0.480. The molecule has 3 N–H and O–H groups in total. The fraction of sp³-hybridized carbons (Fsp3) is 0.533. The smallest absolute Gasteiger partial charge is 0.225 e. The summed E-state index contributed by atoms with van der Waals surface area (Å²) in [6, 6.07) is 4.18. The first-order valence-electron chi connectivity index (χ1n) is 7.18. The van der Waals surface area contributed by atoms with E-state index in [2.05, 4.69) is 10.2 Å². The van der Waals surface area contributed by atoms with Gasteiger partial charge in [0, 0.05) is 32.3 Å². The van der Waals surface area contributed by atoms with Crippen molar-refractivity contribution in [3.8, 4) is 0 Å². The van der Waals surface area contributed by atoms with E-state index < -0.39 is 5.82 Å². The number of nitrogens with two attached hydrogens (primary N) is 1. The van der Waals surface area contributed by atoms with Crippen molar-refractivity contribution in [3.05, 3.63) is 24.0 Å². The van der Waals surface area contributed by atoms with Gasteiger partial charge in [0.05, 0.1) is 11.8 Å². The van der Waals surface area contributed by atoms with Gasteiger partial charge in [0.1, 0.15) is 5.82 Å². The van der Waals surface area contributed by atoms with Crippen molar-refractivity contribution in [3.63, 3.8) is 0 Å². The lowest BCUT2D eigenvalue weighted by molar-refractivity contribution is -0.116. The summed E-state index contributed by atoms with van der Waals surface area (Å²) in [4.78, 5) is 14.1. The molecule has 1 fully saturated rings. The summed E-state index contributed by atoms with van der Waals surface area (Å²) < 4.78 is 18.4. The van der Waals surface area contributed by atoms with E-state index in [1.165, 1.54) is 18.2 Å². The highest BCUT2D eigenvalue weighted by Crippen LogP contribution is 2.17. The van der Waals surface area contributed by atoms with Gasteiger partial charge in [-0.25, -0.2) is 4.39 Å². The van der Waals surface area contributed by atoms with Crippen molar-refractivity contribution in [2.75, 3.05) is 37.8 Å². The lowest BCUT2D eigenvalue weighted by Gasteiger charge is -2.31. The molecule has 1 heterocycles. The number of anilines is 2. The molecule has 1 amide bonds. The Morgan fingerprint density at radius 2 is 2.38 bits per heavy atom. The van der Waals surface area contributed by atoms with Crippen LogP contribution in [0.15, 0.2) is 18.2 Å². The standard InChI is InChI=1S/C15H22FN3O2/c1-21-12-3-2-7-19(10-12)8-6-15(20)18-11-4-5-13(16)14(17)9-11/h4-5,9,12H,2-3,6-8,10,17H2,1H3,(H,18,20). The lowest BCUT2D eigenvalue weighted by atomic mass is 10.1. The zero-order valence-electron chi connectivity index (χ0n) is 12.3. The average Bonchev–Trinajstić information content (AvgIpc) is 2.49. The highest BCUT2D eigenvalue weighted by atomic mass is 19.1. The molecular formula is C15H22FN3O2. The van der Waals surface area contributed by atoms with E-state index in [4.69, 9.17) is 10.5 Å². The molecule has 5 nitrogen and oxygen atoms in total. The van der Waals surface area contributed by atoms with Gasteiger partial charge in [0.15, 0.2) is 0 Å². The van der Waals surface area contributed by atoms with Crippen LogP contribution in [0.25, 0.3) is 0 Å². The molecule has 21 heavy (non-hydrogen) atoms. The number of hydrogen-bond acceptors (Lipinski definition) is 4. The number of methoxy groups -OCH3 is 1. The van der Waals surface area contributed by atoms with Crippen LogP contribution in [-0.4, -0.2) is 43.7 Å². The summed E-state index contributed by atoms with van der Waals surface area (Å²) in [6.45, 7) is 2.56. The Balaban J connectivity index is 1.78. The van der Waals surface area contributed by atoms with Crippen LogP contribution < -0.4 is 11.1 Å². The minimum absolute atomic E-state index is 0.0340. The third kappa shape index (κ3) is 4.68. The zero-order chi connectivity index (χ0) is 15.2. The fourth-order valence-electron chi connectivity index (χ4n) is 2.51. The molecular weight excluding hydrogens is 273 g/mol. The van der Waals surface area contributed by atoms with Crippen molar-refractivity contribution in [1.82, 2.24) is 4.90 Å². The Hall–Kier alpha value is -1.66. The van der Waals surface area contributed by atoms with Gasteiger partial charge in [-0.1, -0.05) is 0 Å². The second-order valence-electron chi connectivity index (χ2n) is 5.34. The predicted molar refractivity (Wildman–Crippen MR) is 80.5 cm³/mol. The van der Waals surface area contributed by atoms with Gasteiger partial charge in [-0.05, 0) is 37.6 Å². The Morgan fingerprint density at radius 1 is 1.57 bits per heavy atom. The summed E-state index contributed by atoms with van der Waals surface area (Å²) in [7, 11) is 1.72. The Bertz CT molecular complexity index is 496. The second-order valence-corrected chi connectivity index (χ2v) is 5.34. The van der Waals surface area contributed by atoms with Crippen molar-refractivity contribution >= 4 is 17.3 Å². The van der Waals surface area contributed by atoms with Crippen LogP contribution in [0.2, 0.25) is 0 Å². The van der Waals surface area contributed by atoms with Gasteiger partial charge in [-0.3, -0.25) is 4.79 Å². The largest absolute Gasteiger partial charge is 0.396 e. The van der Waals surface area contributed by atoms with Crippen LogP contribution in [0.1, 0.15) is 19.3 Å². The monoisotopic (exact) mass is 295 g/mol. The maximum atomic E-state index is 13.0. The van der Waals surface area contributed by atoms with Crippen molar-refractivity contribution in [2.45, 2.75) is 25.4 Å². The molecule has 1 aromatic rings. The van der Waals surface area contributed by atoms with Crippen molar-refractivity contribution in [2.24, 2.45) is 0 Å². The molecule has 0 aliphatic carbocycles. The summed E-state index contributed by atoms with van der Waals surface area (Å²) in [5.74, 6) is -0.576. The molecule has 0 aromatic heterocycles. The van der Waals surface area contributed by atoms with E-state index in [9.17, 15) is 9.18 Å². The van der Waals surface area contributed by atoms with Crippen molar-refractivity contribution < 1.29 is 13.9 Å². The SMILES string of the molecule is COC1CCCN(CCC(=O)Nc2ccc(F)c(N)c2)C1. The van der Waals surface area contributed by atoms with E-state index in [1.54, 1.807) is 7.11 Å². The number of halogens is 1. The number of amides is 1. The maximum absolute atomic E-state index is 13.0. The number of rotatable bonds is 5. The van der Waals surface area contributed by atoms with Gasteiger partial charge < -0.3 is 20.7 Å². The van der Waals surface area contributed by atoms with Gasteiger partial charge in [0.2, 0.25) is 5.91 Å². The van der Waals surface area contributed by atoms with Crippen LogP contribution in [0, 0.1) is 5.82 Å². The zero-order valence-corrected chi connectivity index (χ0v) is 12.3. The number of benzene rings is 1. The van der Waals surface area contributed by atoms with Crippen molar-refractivity contribution in [1.29, 1.82) is 0 Å². The average molecular weight is 295 g/mol. The predicted octanol–water partition coefficient (Wildman–Crippen LogP) is 1.85. The first-order chi connectivity index (χ1) is 10.1. The minimum Gasteiger partial charge on any atom is -0.396 e. The molecule has 0 saturated carbocycles. The van der Waals surface area contributed by atoms with Crippen LogP contribution >= 0.6 is 0 Å². The van der Waals surface area contributed by atoms with E-state index in [0.29, 0.717) is 18.7 Å². The number of likely N-dealkylation sites (tertiary alicyclic amines) is 1. The highest BCUT2D eigenvalue weighted by molar-refractivity contribution is 5.91. The first kappa shape index (κ1) is 15.7. The molecule has 116 valence electrons. The third-order valence-corrected chi connectivity index (χ3v) is 3.73. The number of hydrogen-bond donors (Lipinski definition) is 2. The first-order valence-corrected chi connectivity index (χ1v) is 7.18. The number of piperidine rings is 1. The lowest BCUT2D eigenvalue weighted by Crippen LogP contribution is -2.40. The van der Waals surface area contributed by atoms with E-state index >= 15 is 0 Å². The van der Waals surface area contributed by atoms with E-state index in [-0.39, 0.29) is 17.7 Å². The third-order valence-electron chi connectivity index (χ3n) is 3.73. The topological polar surface area (TPSA) is 67.6 Å². The quantitative estimate of drug-likeness (QED) is 0.814. The van der Waals surface area contributed by atoms with Gasteiger partial charge >= 0.3 is 0 Å². The summed E-state index contributed by atoms with van der Waals surface area (Å²) in [5.41, 5.74) is 6.02. The van der Waals surface area contributed by atoms with Crippen LogP contribution in [0.3, 0.4) is 0 Å². The number of nitrogens with zero attached hydrogens (tertiary/aromatic N) is 1. The van der Waals surface area contributed by atoms with Crippen LogP contribution in [0.5, 0.6) is 0 Å². The molecule has 1 atom stereocenters. The maximum Gasteiger partial charge on any atom is 0.225 e. The number of carbonyl (C=O) groups is 1. The molecule has 6 heteroatoms. The number of carbonyl (C=O) groups excluding carboxylic acids is 1. The summed E-state index contributed by atoms with van der Waals surface area (Å²) >= 11 is 0. The Morgan fingerprint density at radius 3 is 3.10 bits per heavy atom. The van der Waals surface area contributed by atoms with E-state index in [0.717, 1.165) is 25.9 Å². The second kappa shape index (κ2) is 7.38. The number of nitrogen functional groups attached to an aromatic ring is 1. The molecule has 1 aromatic carbocycles. The van der Waals surface area contributed by atoms with Gasteiger partial charge in [-0.2, -0.15) is 0 Å². The highest BCUT2D eigenvalue weighted by Gasteiger charge is 2.19. The molecule has 1 saturated heterocycles. The van der Waals surface area contributed by atoms with Crippen LogP contribution in [-0.2, 0) is 9.53 Å². The molecule has 1 aliphatic rings. The Labute approximate surface area is 124 Å². The fourth-order valence-corrected chi connectivity index (χ4v) is 2.51. The number of nitrogens with one attached hydrogen (secondary N) is 1. The molecule has 0 bridgehead atoms. The molecule has 0 radical (unpaired) electrons. The normalized spacial score (nSPS) is 19.4. The molecule has 0 spiro atoms. The van der Waals surface area contributed by atoms with Gasteiger partial charge in [0.25, 0.3) is 0 Å². The summed E-state index contributed by atoms with van der Waals surface area (Å²) in [6.07, 6.45) is 2.83. The summed E-state index contributed by atoms with van der Waals surface area (Å²) in [5, 5.41) is 2.73.